The van der Waals surface area contributed by atoms with E-state index < -0.39 is 0 Å². The monoisotopic (exact) mass is 275 g/mol. The average molecular weight is 275 g/mol. The van der Waals surface area contributed by atoms with Gasteiger partial charge in [0.05, 0.1) is 17.5 Å². The molecule has 1 aromatic heterocycles. The highest BCUT2D eigenvalue weighted by molar-refractivity contribution is 5.95. The van der Waals surface area contributed by atoms with Crippen LogP contribution in [0.2, 0.25) is 0 Å². The zero-order chi connectivity index (χ0) is 14.7. The standard InChI is InChI=1S/C15H18FN3O/c1-4-10(2)18-15(20)12-9-17-19(11(12)3)14-8-6-5-7-13(14)16/h5-10H,4H2,1-3H3,(H,18,20)/t10-/m0/s1. The number of benzene rings is 1. The van der Waals surface area contributed by atoms with Crippen LogP contribution < -0.4 is 5.32 Å². The molecule has 1 aromatic carbocycles. The Morgan fingerprint density at radius 3 is 2.80 bits per heavy atom. The Kier molecular flexibility index (Phi) is 4.17. The highest BCUT2D eigenvalue weighted by atomic mass is 19.1. The molecule has 0 radical (unpaired) electrons. The van der Waals surface area contributed by atoms with Gasteiger partial charge in [-0.05, 0) is 32.4 Å². The first-order valence-electron chi connectivity index (χ1n) is 6.65. The molecular formula is C15H18FN3O. The number of hydrogen-bond donors (Lipinski definition) is 1. The zero-order valence-electron chi connectivity index (χ0n) is 11.9. The van der Waals surface area contributed by atoms with Gasteiger partial charge in [0.2, 0.25) is 0 Å². The van der Waals surface area contributed by atoms with Crippen LogP contribution >= 0.6 is 0 Å². The molecule has 0 aliphatic carbocycles. The number of carbonyl (C=O) groups is 1. The summed E-state index contributed by atoms with van der Waals surface area (Å²) in [7, 11) is 0. The van der Waals surface area contributed by atoms with Crippen LogP contribution in [0.25, 0.3) is 5.69 Å². The molecule has 0 bridgehead atoms. The first-order valence-corrected chi connectivity index (χ1v) is 6.65. The van der Waals surface area contributed by atoms with Crippen molar-refractivity contribution in [3.63, 3.8) is 0 Å². The van der Waals surface area contributed by atoms with E-state index in [2.05, 4.69) is 10.4 Å². The number of hydrogen-bond acceptors (Lipinski definition) is 2. The number of aromatic nitrogens is 2. The van der Waals surface area contributed by atoms with E-state index in [1.165, 1.54) is 16.9 Å². The molecule has 0 spiro atoms. The quantitative estimate of drug-likeness (QED) is 0.932. The minimum absolute atomic E-state index is 0.0960. The highest BCUT2D eigenvalue weighted by Crippen LogP contribution is 2.17. The summed E-state index contributed by atoms with van der Waals surface area (Å²) >= 11 is 0. The van der Waals surface area contributed by atoms with Gasteiger partial charge in [0.15, 0.2) is 0 Å². The van der Waals surface area contributed by atoms with Gasteiger partial charge in [-0.25, -0.2) is 9.07 Å². The molecule has 2 aromatic rings. The maximum absolute atomic E-state index is 13.8. The van der Waals surface area contributed by atoms with Crippen molar-refractivity contribution in [1.29, 1.82) is 0 Å². The molecule has 0 aliphatic heterocycles. The first-order chi connectivity index (χ1) is 9.54. The van der Waals surface area contributed by atoms with Crippen molar-refractivity contribution in [3.05, 3.63) is 47.5 Å². The predicted molar refractivity (Wildman–Crippen MR) is 75.5 cm³/mol. The smallest absolute Gasteiger partial charge is 0.254 e. The second-order valence-corrected chi connectivity index (χ2v) is 4.79. The Morgan fingerprint density at radius 2 is 2.15 bits per heavy atom. The van der Waals surface area contributed by atoms with Crippen molar-refractivity contribution < 1.29 is 9.18 Å². The summed E-state index contributed by atoms with van der Waals surface area (Å²) in [5, 5.41) is 7.00. The van der Waals surface area contributed by atoms with Crippen LogP contribution in [0.4, 0.5) is 4.39 Å². The van der Waals surface area contributed by atoms with Crippen LogP contribution in [0.1, 0.15) is 36.3 Å². The Hall–Kier alpha value is -2.17. The van der Waals surface area contributed by atoms with Crippen LogP contribution in [-0.4, -0.2) is 21.7 Å². The summed E-state index contributed by atoms with van der Waals surface area (Å²) in [6.07, 6.45) is 2.33. The van der Waals surface area contributed by atoms with E-state index in [4.69, 9.17) is 0 Å². The van der Waals surface area contributed by atoms with Crippen molar-refractivity contribution in [3.8, 4) is 5.69 Å². The Labute approximate surface area is 117 Å². The van der Waals surface area contributed by atoms with Crippen LogP contribution in [0, 0.1) is 12.7 Å². The van der Waals surface area contributed by atoms with E-state index in [0.29, 0.717) is 16.9 Å². The number of rotatable bonds is 4. The molecule has 4 nitrogen and oxygen atoms in total. The van der Waals surface area contributed by atoms with E-state index in [-0.39, 0.29) is 17.8 Å². The lowest BCUT2D eigenvalue weighted by atomic mass is 10.2. The SMILES string of the molecule is CC[C@H](C)NC(=O)c1cnn(-c2ccccc2F)c1C. The summed E-state index contributed by atoms with van der Waals surface area (Å²) in [5.74, 6) is -0.549. The molecule has 0 saturated carbocycles. The molecular weight excluding hydrogens is 257 g/mol. The molecule has 5 heteroatoms. The van der Waals surface area contributed by atoms with Gasteiger partial charge >= 0.3 is 0 Å². The second-order valence-electron chi connectivity index (χ2n) is 4.79. The lowest BCUT2D eigenvalue weighted by molar-refractivity contribution is 0.0938. The molecule has 0 aliphatic rings. The summed E-state index contributed by atoms with van der Waals surface area (Å²) in [5.41, 5.74) is 1.43. The zero-order valence-corrected chi connectivity index (χ0v) is 11.9. The summed E-state index contributed by atoms with van der Waals surface area (Å²) in [6.45, 7) is 5.69. The van der Waals surface area contributed by atoms with E-state index in [1.54, 1.807) is 25.1 Å². The Morgan fingerprint density at radius 1 is 1.45 bits per heavy atom. The normalized spacial score (nSPS) is 12.2. The molecule has 0 fully saturated rings. The minimum atomic E-state index is -0.368. The first kappa shape index (κ1) is 14.2. The van der Waals surface area contributed by atoms with Gasteiger partial charge in [-0.2, -0.15) is 5.10 Å². The molecule has 0 unspecified atom stereocenters. The molecule has 20 heavy (non-hydrogen) atoms. The van der Waals surface area contributed by atoms with Crippen LogP contribution in [0.5, 0.6) is 0 Å². The number of nitrogens with zero attached hydrogens (tertiary/aromatic N) is 2. The van der Waals surface area contributed by atoms with Gasteiger partial charge in [0.25, 0.3) is 5.91 Å². The number of halogens is 1. The maximum Gasteiger partial charge on any atom is 0.254 e. The number of nitrogens with one attached hydrogen (secondary N) is 1. The van der Waals surface area contributed by atoms with E-state index in [9.17, 15) is 9.18 Å². The van der Waals surface area contributed by atoms with Crippen molar-refractivity contribution in [2.45, 2.75) is 33.2 Å². The fraction of sp³-hybridized carbons (Fsp3) is 0.333. The molecule has 1 atom stereocenters. The highest BCUT2D eigenvalue weighted by Gasteiger charge is 2.17. The summed E-state index contributed by atoms with van der Waals surface area (Å²) < 4.78 is 15.2. The minimum Gasteiger partial charge on any atom is -0.349 e. The molecule has 106 valence electrons. The fourth-order valence-corrected chi connectivity index (χ4v) is 1.90. The van der Waals surface area contributed by atoms with E-state index >= 15 is 0 Å². The topological polar surface area (TPSA) is 46.9 Å². The van der Waals surface area contributed by atoms with Gasteiger partial charge < -0.3 is 5.32 Å². The second kappa shape index (κ2) is 5.86. The van der Waals surface area contributed by atoms with E-state index in [1.807, 2.05) is 13.8 Å². The predicted octanol–water partition coefficient (Wildman–Crippen LogP) is 2.85. The van der Waals surface area contributed by atoms with Gasteiger partial charge in [0.1, 0.15) is 11.5 Å². The summed E-state index contributed by atoms with van der Waals surface area (Å²) in [4.78, 5) is 12.1. The third kappa shape index (κ3) is 2.71. The average Bonchev–Trinajstić information content (AvgIpc) is 2.81. The van der Waals surface area contributed by atoms with E-state index in [0.717, 1.165) is 6.42 Å². The fourth-order valence-electron chi connectivity index (χ4n) is 1.90. The molecule has 0 saturated heterocycles. The lowest BCUT2D eigenvalue weighted by Crippen LogP contribution is -2.32. The van der Waals surface area contributed by atoms with Crippen molar-refractivity contribution in [2.24, 2.45) is 0 Å². The van der Waals surface area contributed by atoms with Crippen molar-refractivity contribution in [1.82, 2.24) is 15.1 Å². The van der Waals surface area contributed by atoms with Gasteiger partial charge in [-0.15, -0.1) is 0 Å². The lowest BCUT2D eigenvalue weighted by Gasteiger charge is -2.11. The molecule has 1 heterocycles. The number of amides is 1. The largest absolute Gasteiger partial charge is 0.349 e. The Balaban J connectivity index is 2.32. The molecule has 1 amide bonds. The Bertz CT molecular complexity index is 621. The van der Waals surface area contributed by atoms with Gasteiger partial charge in [-0.1, -0.05) is 19.1 Å². The molecule has 1 N–H and O–H groups in total. The van der Waals surface area contributed by atoms with Gasteiger partial charge in [0, 0.05) is 6.04 Å². The van der Waals surface area contributed by atoms with Crippen molar-refractivity contribution >= 4 is 5.91 Å². The summed E-state index contributed by atoms with van der Waals surface area (Å²) in [6, 6.07) is 6.45. The third-order valence-corrected chi connectivity index (χ3v) is 3.32. The van der Waals surface area contributed by atoms with Crippen LogP contribution in [-0.2, 0) is 0 Å². The maximum atomic E-state index is 13.8. The van der Waals surface area contributed by atoms with Crippen molar-refractivity contribution in [2.75, 3.05) is 0 Å². The number of carbonyl (C=O) groups excluding carboxylic acids is 1. The number of para-hydroxylation sites is 1. The van der Waals surface area contributed by atoms with Gasteiger partial charge in [-0.3, -0.25) is 4.79 Å². The van der Waals surface area contributed by atoms with Crippen LogP contribution in [0.3, 0.4) is 0 Å². The molecule has 2 rings (SSSR count). The third-order valence-electron chi connectivity index (χ3n) is 3.32. The van der Waals surface area contributed by atoms with Crippen LogP contribution in [0.15, 0.2) is 30.5 Å².